The monoisotopic (exact) mass is 261 g/mol. The maximum Gasteiger partial charge on any atom is 0.138 e. The lowest BCUT2D eigenvalue weighted by molar-refractivity contribution is 0.385. The summed E-state index contributed by atoms with van der Waals surface area (Å²) in [5.74, 6) is 1.41. The van der Waals surface area contributed by atoms with Crippen molar-refractivity contribution in [2.45, 2.75) is 52.1 Å². The molecule has 0 aliphatic heterocycles. The third kappa shape index (κ3) is 2.06. The zero-order chi connectivity index (χ0) is 13.4. The van der Waals surface area contributed by atoms with Gasteiger partial charge in [0.2, 0.25) is 0 Å². The highest BCUT2D eigenvalue weighted by Gasteiger charge is 2.27. The molecule has 0 radical (unpaired) electrons. The van der Waals surface area contributed by atoms with Crippen molar-refractivity contribution in [2.24, 2.45) is 5.73 Å². The Morgan fingerprint density at radius 3 is 2.68 bits per heavy atom. The SMILES string of the molecule is Cc1noc(C)c1Cn1nnc(CN)c1C1CCC1. The van der Waals surface area contributed by atoms with Gasteiger partial charge in [0, 0.05) is 18.0 Å². The molecule has 1 saturated carbocycles. The molecule has 0 unspecified atom stereocenters. The molecule has 2 aromatic heterocycles. The molecule has 1 fully saturated rings. The van der Waals surface area contributed by atoms with E-state index in [0.717, 1.165) is 22.7 Å². The van der Waals surface area contributed by atoms with Crippen LogP contribution in [0.3, 0.4) is 0 Å². The van der Waals surface area contributed by atoms with Gasteiger partial charge >= 0.3 is 0 Å². The van der Waals surface area contributed by atoms with E-state index in [4.69, 9.17) is 10.3 Å². The van der Waals surface area contributed by atoms with E-state index < -0.39 is 0 Å². The average molecular weight is 261 g/mol. The van der Waals surface area contributed by atoms with E-state index in [9.17, 15) is 0 Å². The van der Waals surface area contributed by atoms with Crippen LogP contribution in [-0.2, 0) is 13.1 Å². The zero-order valence-corrected chi connectivity index (χ0v) is 11.4. The van der Waals surface area contributed by atoms with Crippen molar-refractivity contribution >= 4 is 0 Å². The number of aromatic nitrogens is 4. The van der Waals surface area contributed by atoms with E-state index in [0.29, 0.717) is 19.0 Å². The van der Waals surface area contributed by atoms with Crippen LogP contribution in [0.1, 0.15) is 53.6 Å². The van der Waals surface area contributed by atoms with Crippen molar-refractivity contribution in [3.63, 3.8) is 0 Å². The summed E-state index contributed by atoms with van der Waals surface area (Å²) in [6.07, 6.45) is 3.70. The fourth-order valence-electron chi connectivity index (χ4n) is 2.62. The van der Waals surface area contributed by atoms with E-state index >= 15 is 0 Å². The van der Waals surface area contributed by atoms with Crippen molar-refractivity contribution in [3.8, 4) is 0 Å². The fraction of sp³-hybridized carbons (Fsp3) is 0.615. The van der Waals surface area contributed by atoms with E-state index in [-0.39, 0.29) is 0 Å². The van der Waals surface area contributed by atoms with Crippen LogP contribution in [0.15, 0.2) is 4.52 Å². The molecule has 2 N–H and O–H groups in total. The van der Waals surface area contributed by atoms with Crippen LogP contribution >= 0.6 is 0 Å². The Kier molecular flexibility index (Phi) is 3.10. The van der Waals surface area contributed by atoms with Crippen LogP contribution in [-0.4, -0.2) is 20.2 Å². The molecule has 2 heterocycles. The van der Waals surface area contributed by atoms with E-state index in [1.54, 1.807) is 0 Å². The van der Waals surface area contributed by atoms with Crippen LogP contribution in [0.5, 0.6) is 0 Å². The fourth-order valence-corrected chi connectivity index (χ4v) is 2.62. The van der Waals surface area contributed by atoms with Gasteiger partial charge < -0.3 is 10.3 Å². The van der Waals surface area contributed by atoms with Gasteiger partial charge in [-0.15, -0.1) is 5.10 Å². The summed E-state index contributed by atoms with van der Waals surface area (Å²) < 4.78 is 7.18. The Morgan fingerprint density at radius 1 is 1.37 bits per heavy atom. The average Bonchev–Trinajstić information content (AvgIpc) is 2.86. The predicted octanol–water partition coefficient (Wildman–Crippen LogP) is 1.66. The largest absolute Gasteiger partial charge is 0.361 e. The Bertz CT molecular complexity index is 562. The number of hydrogen-bond acceptors (Lipinski definition) is 5. The minimum atomic E-state index is 0.452. The van der Waals surface area contributed by atoms with Crippen LogP contribution in [0.4, 0.5) is 0 Å². The molecule has 1 aliphatic carbocycles. The van der Waals surface area contributed by atoms with Gasteiger partial charge in [-0.05, 0) is 26.7 Å². The van der Waals surface area contributed by atoms with Crippen LogP contribution < -0.4 is 5.73 Å². The first-order chi connectivity index (χ1) is 9.20. The Morgan fingerprint density at radius 2 is 2.16 bits per heavy atom. The molecule has 0 spiro atoms. The standard InChI is InChI=1S/C13H19N5O/c1-8-11(9(2)19-16-8)7-18-13(10-4-3-5-10)12(6-14)15-17-18/h10H,3-7,14H2,1-2H3. The highest BCUT2D eigenvalue weighted by Crippen LogP contribution is 2.37. The molecular weight excluding hydrogens is 242 g/mol. The van der Waals surface area contributed by atoms with Crippen molar-refractivity contribution < 1.29 is 4.52 Å². The molecule has 0 bridgehead atoms. The second-order valence-corrected chi connectivity index (χ2v) is 5.21. The normalized spacial score (nSPS) is 15.7. The summed E-state index contributed by atoms with van der Waals surface area (Å²) >= 11 is 0. The number of rotatable bonds is 4. The van der Waals surface area contributed by atoms with Gasteiger partial charge in [0.05, 0.1) is 23.6 Å². The van der Waals surface area contributed by atoms with Crippen LogP contribution in [0.25, 0.3) is 0 Å². The Balaban J connectivity index is 1.94. The third-order valence-corrected chi connectivity index (χ3v) is 4.02. The van der Waals surface area contributed by atoms with Gasteiger partial charge in [0.1, 0.15) is 5.76 Å². The van der Waals surface area contributed by atoms with Crippen LogP contribution in [0.2, 0.25) is 0 Å². The molecule has 2 aromatic rings. The minimum absolute atomic E-state index is 0.452. The first-order valence-electron chi connectivity index (χ1n) is 6.74. The quantitative estimate of drug-likeness (QED) is 0.905. The van der Waals surface area contributed by atoms with Gasteiger partial charge in [-0.1, -0.05) is 16.8 Å². The second-order valence-electron chi connectivity index (χ2n) is 5.21. The molecular formula is C13H19N5O. The molecule has 3 rings (SSSR count). The van der Waals surface area contributed by atoms with Crippen LogP contribution in [0, 0.1) is 13.8 Å². The molecule has 0 atom stereocenters. The summed E-state index contributed by atoms with van der Waals surface area (Å²) in [7, 11) is 0. The minimum Gasteiger partial charge on any atom is -0.361 e. The van der Waals surface area contributed by atoms with E-state index in [2.05, 4.69) is 15.5 Å². The summed E-state index contributed by atoms with van der Waals surface area (Å²) in [5.41, 5.74) is 9.91. The number of aryl methyl sites for hydroxylation is 2. The first-order valence-corrected chi connectivity index (χ1v) is 6.74. The summed E-state index contributed by atoms with van der Waals surface area (Å²) in [6, 6.07) is 0. The molecule has 19 heavy (non-hydrogen) atoms. The lowest BCUT2D eigenvalue weighted by Crippen LogP contribution is -2.18. The van der Waals surface area contributed by atoms with Gasteiger partial charge in [-0.3, -0.25) is 0 Å². The predicted molar refractivity (Wildman–Crippen MR) is 69.6 cm³/mol. The molecule has 1 aliphatic rings. The highest BCUT2D eigenvalue weighted by atomic mass is 16.5. The molecule has 0 aromatic carbocycles. The maximum atomic E-state index is 5.77. The second kappa shape index (κ2) is 4.77. The summed E-state index contributed by atoms with van der Waals surface area (Å²) in [4.78, 5) is 0. The smallest absolute Gasteiger partial charge is 0.138 e. The summed E-state index contributed by atoms with van der Waals surface area (Å²) in [6.45, 7) is 5.00. The van der Waals surface area contributed by atoms with Crippen molar-refractivity contribution in [1.82, 2.24) is 20.2 Å². The Labute approximate surface area is 112 Å². The first kappa shape index (κ1) is 12.3. The lowest BCUT2D eigenvalue weighted by Gasteiger charge is -2.26. The molecule has 0 amide bonds. The van der Waals surface area contributed by atoms with Crippen molar-refractivity contribution in [2.75, 3.05) is 0 Å². The van der Waals surface area contributed by atoms with Gasteiger partial charge in [0.25, 0.3) is 0 Å². The molecule has 6 heteroatoms. The van der Waals surface area contributed by atoms with Crippen molar-refractivity contribution in [1.29, 1.82) is 0 Å². The Hall–Kier alpha value is -1.69. The highest BCUT2D eigenvalue weighted by molar-refractivity contribution is 5.24. The maximum absolute atomic E-state index is 5.77. The third-order valence-electron chi connectivity index (χ3n) is 4.02. The molecule has 0 saturated heterocycles. The van der Waals surface area contributed by atoms with Crippen molar-refractivity contribution in [3.05, 3.63) is 28.4 Å². The number of nitrogens with two attached hydrogens (primary N) is 1. The number of nitrogens with zero attached hydrogens (tertiary/aromatic N) is 4. The van der Waals surface area contributed by atoms with E-state index in [1.165, 1.54) is 25.0 Å². The van der Waals surface area contributed by atoms with E-state index in [1.807, 2.05) is 18.5 Å². The van der Waals surface area contributed by atoms with Gasteiger partial charge in [0.15, 0.2) is 0 Å². The topological polar surface area (TPSA) is 82.8 Å². The number of hydrogen-bond donors (Lipinski definition) is 1. The molecule has 6 nitrogen and oxygen atoms in total. The van der Waals surface area contributed by atoms with Gasteiger partial charge in [-0.25, -0.2) is 4.68 Å². The summed E-state index contributed by atoms with van der Waals surface area (Å²) in [5, 5.41) is 12.5. The zero-order valence-electron chi connectivity index (χ0n) is 11.4. The molecule has 102 valence electrons. The lowest BCUT2D eigenvalue weighted by atomic mass is 9.82. The van der Waals surface area contributed by atoms with Gasteiger partial charge in [-0.2, -0.15) is 0 Å².